The Bertz CT molecular complexity index is 118. The van der Waals surface area contributed by atoms with Crippen LogP contribution in [0.15, 0.2) is 0 Å². The summed E-state index contributed by atoms with van der Waals surface area (Å²) < 4.78 is 10.4. The number of ether oxygens (including phenoxy) is 2. The molecule has 0 aliphatic carbocycles. The van der Waals surface area contributed by atoms with Gasteiger partial charge >= 0.3 is 0 Å². The zero-order valence-electron chi connectivity index (χ0n) is 10.5. The van der Waals surface area contributed by atoms with Crippen LogP contribution in [-0.2, 0) is 9.47 Å². The van der Waals surface area contributed by atoms with E-state index in [1.165, 1.54) is 0 Å². The summed E-state index contributed by atoms with van der Waals surface area (Å²) in [4.78, 5) is 0. The Kier molecular flexibility index (Phi) is 7.20. The highest BCUT2D eigenvalue weighted by Crippen LogP contribution is 2.12. The molecule has 0 N–H and O–H groups in total. The van der Waals surface area contributed by atoms with Gasteiger partial charge in [-0.15, -0.1) is 0 Å². The maximum absolute atomic E-state index is 5.19. The van der Waals surface area contributed by atoms with Gasteiger partial charge in [0.1, 0.15) is 0 Å². The molecule has 1 heterocycles. The Morgan fingerprint density at radius 3 is 1.29 bits per heavy atom. The monoisotopic (exact) mass is 202 g/mol. The Balaban J connectivity index is 0.000000255. The molecule has 86 valence electrons. The molecule has 0 atom stereocenters. The molecule has 1 aliphatic rings. The number of rotatable bonds is 2. The molecule has 0 aromatic rings. The average molecular weight is 202 g/mol. The normalized spacial score (nSPS) is 17.8. The van der Waals surface area contributed by atoms with Gasteiger partial charge in [0.2, 0.25) is 0 Å². The molecule has 0 amide bonds. The minimum atomic E-state index is 0.0648. The summed E-state index contributed by atoms with van der Waals surface area (Å²) in [5.74, 6) is 2.20. The minimum absolute atomic E-state index is 0.0648. The zero-order chi connectivity index (χ0) is 11.1. The van der Waals surface area contributed by atoms with Gasteiger partial charge in [0, 0.05) is 5.92 Å². The van der Waals surface area contributed by atoms with Crippen molar-refractivity contribution in [3.8, 4) is 0 Å². The highest BCUT2D eigenvalue weighted by Gasteiger charge is 2.18. The second-order valence-electron chi connectivity index (χ2n) is 4.84. The average Bonchev–Trinajstić information content (AvgIpc) is 2.56. The molecule has 0 unspecified atom stereocenters. The van der Waals surface area contributed by atoms with Crippen molar-refractivity contribution in [3.63, 3.8) is 0 Å². The smallest absolute Gasteiger partial charge is 0.160 e. The zero-order valence-corrected chi connectivity index (χ0v) is 10.5. The van der Waals surface area contributed by atoms with Crippen LogP contribution in [0.1, 0.15) is 41.5 Å². The van der Waals surface area contributed by atoms with Gasteiger partial charge in [-0.25, -0.2) is 0 Å². The SMILES string of the molecule is CC(C)C(C)C.CC(C)C1OCCO1. The second kappa shape index (κ2) is 7.24. The summed E-state index contributed by atoms with van der Waals surface area (Å²) in [5.41, 5.74) is 0. The fourth-order valence-corrected chi connectivity index (χ4v) is 0.762. The Morgan fingerprint density at radius 2 is 1.14 bits per heavy atom. The quantitative estimate of drug-likeness (QED) is 0.684. The molecule has 2 heteroatoms. The van der Waals surface area contributed by atoms with Crippen molar-refractivity contribution in [1.29, 1.82) is 0 Å². The molecule has 0 aromatic carbocycles. The van der Waals surface area contributed by atoms with E-state index in [0.717, 1.165) is 25.0 Å². The van der Waals surface area contributed by atoms with Crippen LogP contribution in [0.4, 0.5) is 0 Å². The third-order valence-electron chi connectivity index (χ3n) is 2.53. The topological polar surface area (TPSA) is 18.5 Å². The highest BCUT2D eigenvalue weighted by molar-refractivity contribution is 4.54. The lowest BCUT2D eigenvalue weighted by molar-refractivity contribution is -0.0732. The summed E-state index contributed by atoms with van der Waals surface area (Å²) in [6.07, 6.45) is 0.0648. The maximum atomic E-state index is 5.19. The number of hydrogen-bond donors (Lipinski definition) is 0. The molecular weight excluding hydrogens is 176 g/mol. The van der Waals surface area contributed by atoms with E-state index >= 15 is 0 Å². The summed E-state index contributed by atoms with van der Waals surface area (Å²) in [6, 6.07) is 0. The van der Waals surface area contributed by atoms with E-state index < -0.39 is 0 Å². The third kappa shape index (κ3) is 6.39. The van der Waals surface area contributed by atoms with Crippen molar-refractivity contribution < 1.29 is 9.47 Å². The molecule has 1 aliphatic heterocycles. The lowest BCUT2D eigenvalue weighted by Gasteiger charge is -2.11. The molecule has 0 spiro atoms. The summed E-state index contributed by atoms with van der Waals surface area (Å²) >= 11 is 0. The first-order chi connectivity index (χ1) is 6.45. The summed E-state index contributed by atoms with van der Waals surface area (Å²) in [5, 5.41) is 0. The van der Waals surface area contributed by atoms with Crippen LogP contribution in [0.5, 0.6) is 0 Å². The maximum Gasteiger partial charge on any atom is 0.160 e. The van der Waals surface area contributed by atoms with E-state index in [9.17, 15) is 0 Å². The van der Waals surface area contributed by atoms with Gasteiger partial charge in [0.25, 0.3) is 0 Å². The van der Waals surface area contributed by atoms with E-state index in [1.54, 1.807) is 0 Å². The van der Waals surface area contributed by atoms with Gasteiger partial charge in [-0.3, -0.25) is 0 Å². The van der Waals surface area contributed by atoms with Crippen LogP contribution < -0.4 is 0 Å². The predicted octanol–water partition coefficient (Wildman–Crippen LogP) is 3.31. The van der Waals surface area contributed by atoms with Gasteiger partial charge in [0.05, 0.1) is 13.2 Å². The van der Waals surface area contributed by atoms with E-state index in [4.69, 9.17) is 9.47 Å². The fraction of sp³-hybridized carbons (Fsp3) is 1.00. The number of hydrogen-bond acceptors (Lipinski definition) is 2. The second-order valence-corrected chi connectivity index (χ2v) is 4.84. The van der Waals surface area contributed by atoms with Crippen molar-refractivity contribution in [2.24, 2.45) is 17.8 Å². The van der Waals surface area contributed by atoms with Crippen molar-refractivity contribution in [3.05, 3.63) is 0 Å². The lowest BCUT2D eigenvalue weighted by Crippen LogP contribution is -2.14. The van der Waals surface area contributed by atoms with E-state index in [1.807, 2.05) is 0 Å². The Morgan fingerprint density at radius 1 is 0.786 bits per heavy atom. The van der Waals surface area contributed by atoms with Crippen LogP contribution >= 0.6 is 0 Å². The molecule has 1 rings (SSSR count). The Hall–Kier alpha value is -0.0800. The fourth-order valence-electron chi connectivity index (χ4n) is 0.762. The Labute approximate surface area is 89.0 Å². The summed E-state index contributed by atoms with van der Waals surface area (Å²) in [7, 11) is 0. The van der Waals surface area contributed by atoms with Gasteiger partial charge in [-0.05, 0) is 11.8 Å². The van der Waals surface area contributed by atoms with Crippen LogP contribution in [0.3, 0.4) is 0 Å². The molecular formula is C12H26O2. The van der Waals surface area contributed by atoms with Crippen LogP contribution in [0.25, 0.3) is 0 Å². The highest BCUT2D eigenvalue weighted by atomic mass is 16.7. The summed E-state index contributed by atoms with van der Waals surface area (Å²) in [6.45, 7) is 14.7. The minimum Gasteiger partial charge on any atom is -0.350 e. The van der Waals surface area contributed by atoms with Crippen molar-refractivity contribution in [2.45, 2.75) is 47.8 Å². The van der Waals surface area contributed by atoms with E-state index in [0.29, 0.717) is 5.92 Å². The van der Waals surface area contributed by atoms with Gasteiger partial charge < -0.3 is 9.47 Å². The van der Waals surface area contributed by atoms with E-state index in [-0.39, 0.29) is 6.29 Å². The van der Waals surface area contributed by atoms with Crippen molar-refractivity contribution >= 4 is 0 Å². The van der Waals surface area contributed by atoms with Crippen LogP contribution in [-0.4, -0.2) is 19.5 Å². The third-order valence-corrected chi connectivity index (χ3v) is 2.53. The molecule has 0 aromatic heterocycles. The molecule has 0 saturated carbocycles. The molecule has 14 heavy (non-hydrogen) atoms. The molecule has 0 radical (unpaired) electrons. The first kappa shape index (κ1) is 13.9. The van der Waals surface area contributed by atoms with Gasteiger partial charge in [-0.1, -0.05) is 41.5 Å². The first-order valence-electron chi connectivity index (χ1n) is 5.68. The van der Waals surface area contributed by atoms with Crippen LogP contribution in [0, 0.1) is 17.8 Å². The van der Waals surface area contributed by atoms with Crippen molar-refractivity contribution in [1.82, 2.24) is 0 Å². The van der Waals surface area contributed by atoms with Gasteiger partial charge in [0.15, 0.2) is 6.29 Å². The molecule has 2 nitrogen and oxygen atoms in total. The largest absolute Gasteiger partial charge is 0.350 e. The van der Waals surface area contributed by atoms with Crippen LogP contribution in [0.2, 0.25) is 0 Å². The van der Waals surface area contributed by atoms with Crippen molar-refractivity contribution in [2.75, 3.05) is 13.2 Å². The molecule has 0 bridgehead atoms. The predicted molar refractivity (Wildman–Crippen MR) is 60.2 cm³/mol. The standard InChI is InChI=1S/C6H12O2.C6H14/c1-5(2)6-7-3-4-8-6;1-5(2)6(3)4/h5-6H,3-4H2,1-2H3;5-6H,1-4H3. The lowest BCUT2D eigenvalue weighted by atomic mass is 10.0. The first-order valence-corrected chi connectivity index (χ1v) is 5.68. The van der Waals surface area contributed by atoms with Gasteiger partial charge in [-0.2, -0.15) is 0 Å². The molecule has 1 fully saturated rings. The van der Waals surface area contributed by atoms with E-state index in [2.05, 4.69) is 41.5 Å². The molecule has 1 saturated heterocycles.